The van der Waals surface area contributed by atoms with Crippen molar-refractivity contribution in [3.05, 3.63) is 59.3 Å². The van der Waals surface area contributed by atoms with Gasteiger partial charge in [-0.3, -0.25) is 9.59 Å². The van der Waals surface area contributed by atoms with Crippen LogP contribution in [-0.2, 0) is 6.18 Å². The second-order valence-electron chi connectivity index (χ2n) is 4.90. The molecule has 1 heterocycles. The van der Waals surface area contributed by atoms with E-state index in [0.29, 0.717) is 10.8 Å². The molecule has 0 aliphatic heterocycles. The minimum Gasteiger partial charge on any atom is -0.366 e. The number of nitrogens with zero attached hydrogens (tertiary/aromatic N) is 1. The molecule has 3 N–H and O–H groups in total. The quantitative estimate of drug-likeness (QED) is 0.606. The van der Waals surface area contributed by atoms with Crippen LogP contribution in [0, 0.1) is 0 Å². The predicted molar refractivity (Wildman–Crippen MR) is 87.3 cm³/mol. The predicted octanol–water partition coefficient (Wildman–Crippen LogP) is 2.72. The highest BCUT2D eigenvalue weighted by Crippen LogP contribution is 2.29. The van der Waals surface area contributed by atoms with E-state index >= 15 is 0 Å². The second-order valence-corrected chi connectivity index (χ2v) is 6.01. The molecule has 9 heteroatoms. The van der Waals surface area contributed by atoms with Crippen LogP contribution in [0.15, 0.2) is 47.6 Å². The minimum absolute atomic E-state index is 0.122. The SMILES string of the molecule is NC(=O)c1ccccc1C(=O)NCCSc1ccc(C(F)(F)F)cn1. The number of alkyl halides is 3. The molecule has 25 heavy (non-hydrogen) atoms. The number of hydrogen-bond donors (Lipinski definition) is 2. The third-order valence-corrected chi connectivity index (χ3v) is 4.08. The standard InChI is InChI=1S/C16H14F3N3O2S/c17-16(18,19)10-5-6-13(22-9-10)25-8-7-21-15(24)12-4-2-1-3-11(12)14(20)23/h1-6,9H,7-8H2,(H2,20,23)(H,21,24). The Morgan fingerprint density at radius 2 is 1.80 bits per heavy atom. The topological polar surface area (TPSA) is 85.1 Å². The number of halogens is 3. The van der Waals surface area contributed by atoms with E-state index in [9.17, 15) is 22.8 Å². The van der Waals surface area contributed by atoms with Gasteiger partial charge >= 0.3 is 6.18 Å². The second kappa shape index (κ2) is 8.02. The molecule has 1 aromatic heterocycles. The van der Waals surface area contributed by atoms with E-state index in [1.165, 1.54) is 30.0 Å². The Bertz CT molecular complexity index is 764. The summed E-state index contributed by atoms with van der Waals surface area (Å²) in [6, 6.07) is 8.39. The zero-order valence-electron chi connectivity index (χ0n) is 12.8. The number of nitrogens with one attached hydrogen (secondary N) is 1. The molecule has 2 rings (SSSR count). The van der Waals surface area contributed by atoms with Crippen LogP contribution < -0.4 is 11.1 Å². The number of benzene rings is 1. The highest BCUT2D eigenvalue weighted by Gasteiger charge is 2.30. The van der Waals surface area contributed by atoms with Crippen LogP contribution in [-0.4, -0.2) is 29.1 Å². The summed E-state index contributed by atoms with van der Waals surface area (Å²) >= 11 is 1.20. The maximum Gasteiger partial charge on any atom is 0.417 e. The summed E-state index contributed by atoms with van der Waals surface area (Å²) in [6.07, 6.45) is -3.65. The molecule has 0 aliphatic rings. The lowest BCUT2D eigenvalue weighted by Gasteiger charge is -2.08. The number of rotatable bonds is 6. The number of pyridine rings is 1. The summed E-state index contributed by atoms with van der Waals surface area (Å²) in [5.41, 5.74) is 4.70. The highest BCUT2D eigenvalue weighted by molar-refractivity contribution is 7.99. The number of thioether (sulfide) groups is 1. The van der Waals surface area contributed by atoms with Crippen molar-refractivity contribution < 1.29 is 22.8 Å². The van der Waals surface area contributed by atoms with Gasteiger partial charge in [-0.2, -0.15) is 13.2 Å². The van der Waals surface area contributed by atoms with E-state index in [2.05, 4.69) is 10.3 Å². The van der Waals surface area contributed by atoms with E-state index in [-0.39, 0.29) is 17.7 Å². The van der Waals surface area contributed by atoms with Crippen LogP contribution >= 0.6 is 11.8 Å². The molecule has 0 radical (unpaired) electrons. The number of hydrogen-bond acceptors (Lipinski definition) is 4. The molecule has 132 valence electrons. The Kier molecular flexibility index (Phi) is 6.02. The lowest BCUT2D eigenvalue weighted by Crippen LogP contribution is -2.28. The highest BCUT2D eigenvalue weighted by atomic mass is 32.2. The monoisotopic (exact) mass is 369 g/mol. The third kappa shape index (κ3) is 5.21. The van der Waals surface area contributed by atoms with Gasteiger partial charge < -0.3 is 11.1 Å². The molecule has 0 saturated heterocycles. The maximum atomic E-state index is 12.4. The smallest absolute Gasteiger partial charge is 0.366 e. The first-order valence-electron chi connectivity index (χ1n) is 7.12. The van der Waals surface area contributed by atoms with Gasteiger partial charge in [0, 0.05) is 18.5 Å². The van der Waals surface area contributed by atoms with Gasteiger partial charge in [0.25, 0.3) is 5.91 Å². The molecular formula is C16H14F3N3O2S. The first kappa shape index (κ1) is 18.8. The van der Waals surface area contributed by atoms with Crippen molar-refractivity contribution >= 4 is 23.6 Å². The van der Waals surface area contributed by atoms with Crippen molar-refractivity contribution in [1.29, 1.82) is 0 Å². The summed E-state index contributed by atoms with van der Waals surface area (Å²) in [5.74, 6) is -0.743. The first-order chi connectivity index (χ1) is 11.8. The summed E-state index contributed by atoms with van der Waals surface area (Å²) in [6.45, 7) is 0.249. The lowest BCUT2D eigenvalue weighted by atomic mass is 10.1. The first-order valence-corrected chi connectivity index (χ1v) is 8.10. The molecule has 0 unspecified atom stereocenters. The van der Waals surface area contributed by atoms with Gasteiger partial charge in [0.15, 0.2) is 0 Å². The van der Waals surface area contributed by atoms with Gasteiger partial charge in [0.2, 0.25) is 5.91 Å². The van der Waals surface area contributed by atoms with Crippen molar-refractivity contribution in [2.24, 2.45) is 5.73 Å². The third-order valence-electron chi connectivity index (χ3n) is 3.14. The summed E-state index contributed by atoms with van der Waals surface area (Å²) in [4.78, 5) is 27.1. The number of carbonyl (C=O) groups excluding carboxylic acids is 2. The lowest BCUT2D eigenvalue weighted by molar-refractivity contribution is -0.137. The van der Waals surface area contributed by atoms with Crippen molar-refractivity contribution in [3.63, 3.8) is 0 Å². The molecule has 2 amide bonds. The molecule has 5 nitrogen and oxygen atoms in total. The molecule has 2 aromatic rings. The van der Waals surface area contributed by atoms with Gasteiger partial charge in [0.05, 0.1) is 21.7 Å². The van der Waals surface area contributed by atoms with Crippen molar-refractivity contribution in [2.45, 2.75) is 11.2 Å². The van der Waals surface area contributed by atoms with E-state index < -0.39 is 23.6 Å². The van der Waals surface area contributed by atoms with Gasteiger partial charge in [-0.05, 0) is 24.3 Å². The zero-order valence-corrected chi connectivity index (χ0v) is 13.7. The minimum atomic E-state index is -4.42. The summed E-state index contributed by atoms with van der Waals surface area (Å²) < 4.78 is 37.3. The normalized spacial score (nSPS) is 11.2. The number of nitrogens with two attached hydrogens (primary N) is 1. The van der Waals surface area contributed by atoms with Crippen LogP contribution in [0.3, 0.4) is 0 Å². The Morgan fingerprint density at radius 1 is 1.12 bits per heavy atom. The van der Waals surface area contributed by atoms with Crippen molar-refractivity contribution in [3.8, 4) is 0 Å². The van der Waals surface area contributed by atoms with Gasteiger partial charge in [0.1, 0.15) is 0 Å². The Balaban J connectivity index is 1.85. The largest absolute Gasteiger partial charge is 0.417 e. The summed E-state index contributed by atoms with van der Waals surface area (Å²) in [5, 5.41) is 3.04. The van der Waals surface area contributed by atoms with E-state index in [0.717, 1.165) is 12.3 Å². The number of primary amides is 1. The molecule has 0 aliphatic carbocycles. The average molecular weight is 369 g/mol. The van der Waals surface area contributed by atoms with Crippen molar-refractivity contribution in [2.75, 3.05) is 12.3 Å². The van der Waals surface area contributed by atoms with Crippen LogP contribution in [0.4, 0.5) is 13.2 Å². The number of carbonyl (C=O) groups is 2. The fraction of sp³-hybridized carbons (Fsp3) is 0.188. The Hall–Kier alpha value is -2.55. The van der Waals surface area contributed by atoms with E-state index in [4.69, 9.17) is 5.73 Å². The van der Waals surface area contributed by atoms with Gasteiger partial charge in [-0.1, -0.05) is 12.1 Å². The van der Waals surface area contributed by atoms with Crippen LogP contribution in [0.25, 0.3) is 0 Å². The molecule has 1 aromatic carbocycles. The van der Waals surface area contributed by atoms with Crippen LogP contribution in [0.2, 0.25) is 0 Å². The molecule has 0 fully saturated rings. The molecule has 0 bridgehead atoms. The van der Waals surface area contributed by atoms with Gasteiger partial charge in [-0.25, -0.2) is 4.98 Å². The fourth-order valence-electron chi connectivity index (χ4n) is 1.94. The Labute approximate surface area is 145 Å². The molecular weight excluding hydrogens is 355 g/mol. The van der Waals surface area contributed by atoms with Crippen LogP contribution in [0.5, 0.6) is 0 Å². The number of amides is 2. The van der Waals surface area contributed by atoms with E-state index in [1.807, 2.05) is 0 Å². The summed E-state index contributed by atoms with van der Waals surface area (Å²) in [7, 11) is 0. The van der Waals surface area contributed by atoms with Gasteiger partial charge in [-0.15, -0.1) is 11.8 Å². The van der Waals surface area contributed by atoms with Crippen LogP contribution in [0.1, 0.15) is 26.3 Å². The maximum absolute atomic E-state index is 12.4. The van der Waals surface area contributed by atoms with E-state index in [1.54, 1.807) is 12.1 Å². The van der Waals surface area contributed by atoms with Crippen molar-refractivity contribution in [1.82, 2.24) is 10.3 Å². The Morgan fingerprint density at radius 3 is 2.36 bits per heavy atom. The fourth-order valence-corrected chi connectivity index (χ4v) is 2.65. The zero-order chi connectivity index (χ0) is 18.4. The molecule has 0 saturated carbocycles. The molecule has 0 spiro atoms. The molecule has 0 atom stereocenters. The average Bonchev–Trinajstić information content (AvgIpc) is 2.58. The number of aromatic nitrogens is 1.